The first-order valence-electron chi connectivity index (χ1n) is 10.1. The molecule has 0 spiro atoms. The second-order valence-electron chi connectivity index (χ2n) is 7.97. The summed E-state index contributed by atoms with van der Waals surface area (Å²) in [6.45, 7) is 4.07. The van der Waals surface area contributed by atoms with E-state index in [2.05, 4.69) is 4.98 Å². The zero-order chi connectivity index (χ0) is 20.6. The molecule has 1 N–H and O–H groups in total. The highest BCUT2D eigenvalue weighted by molar-refractivity contribution is 7.89. The van der Waals surface area contributed by atoms with Gasteiger partial charge < -0.3 is 4.98 Å². The van der Waals surface area contributed by atoms with E-state index in [4.69, 9.17) is 0 Å². The van der Waals surface area contributed by atoms with Crippen LogP contribution in [-0.2, 0) is 16.6 Å². The minimum absolute atomic E-state index is 0.0745. The number of hydrogen-bond donors (Lipinski definition) is 1. The molecular weight excluding hydrogens is 384 g/mol. The van der Waals surface area contributed by atoms with E-state index in [-0.39, 0.29) is 23.0 Å². The summed E-state index contributed by atoms with van der Waals surface area (Å²) < 4.78 is 28.4. The van der Waals surface area contributed by atoms with Gasteiger partial charge in [-0.2, -0.15) is 4.31 Å². The lowest BCUT2D eigenvalue weighted by atomic mass is 10.1. The van der Waals surface area contributed by atoms with Crippen LogP contribution in [-0.4, -0.2) is 23.7 Å². The van der Waals surface area contributed by atoms with E-state index in [1.165, 1.54) is 4.31 Å². The van der Waals surface area contributed by atoms with Crippen LogP contribution >= 0.6 is 0 Å². The van der Waals surface area contributed by atoms with E-state index in [0.29, 0.717) is 5.56 Å². The molecule has 2 aromatic carbocycles. The summed E-state index contributed by atoms with van der Waals surface area (Å²) in [4.78, 5) is 16.0. The summed E-state index contributed by atoms with van der Waals surface area (Å²) in [6, 6.07) is 14.3. The molecule has 1 aliphatic rings. The van der Waals surface area contributed by atoms with Crippen molar-refractivity contribution in [2.24, 2.45) is 0 Å². The zero-order valence-electron chi connectivity index (χ0n) is 16.8. The third-order valence-electron chi connectivity index (χ3n) is 5.78. The number of nitrogens with zero attached hydrogens (tertiary/aromatic N) is 1. The molecule has 0 atom stereocenters. The van der Waals surface area contributed by atoms with Crippen LogP contribution in [0.3, 0.4) is 0 Å². The average Bonchev–Trinajstić information content (AvgIpc) is 3.22. The van der Waals surface area contributed by atoms with Crippen molar-refractivity contribution in [2.45, 2.75) is 57.0 Å². The van der Waals surface area contributed by atoms with E-state index in [0.717, 1.165) is 47.7 Å². The molecule has 3 aromatic rings. The number of rotatable bonds is 5. The van der Waals surface area contributed by atoms with Crippen LogP contribution in [0.5, 0.6) is 0 Å². The minimum Gasteiger partial charge on any atom is -0.321 e. The zero-order valence-corrected chi connectivity index (χ0v) is 17.6. The quantitative estimate of drug-likeness (QED) is 0.683. The fourth-order valence-corrected chi connectivity index (χ4v) is 6.03. The van der Waals surface area contributed by atoms with Crippen LogP contribution in [0.4, 0.5) is 0 Å². The molecule has 29 heavy (non-hydrogen) atoms. The Hall–Kier alpha value is -2.44. The third-order valence-corrected chi connectivity index (χ3v) is 7.69. The van der Waals surface area contributed by atoms with Crippen LogP contribution in [0.2, 0.25) is 0 Å². The van der Waals surface area contributed by atoms with E-state index < -0.39 is 10.0 Å². The lowest BCUT2D eigenvalue weighted by molar-refractivity contribution is 0.315. The molecule has 6 heteroatoms. The van der Waals surface area contributed by atoms with Gasteiger partial charge in [-0.3, -0.25) is 4.79 Å². The number of pyridine rings is 1. The molecule has 1 heterocycles. The molecular formula is C23H26N2O3S. The molecule has 1 aromatic heterocycles. The van der Waals surface area contributed by atoms with Crippen molar-refractivity contribution in [3.63, 3.8) is 0 Å². The highest BCUT2D eigenvalue weighted by atomic mass is 32.2. The third kappa shape index (κ3) is 3.87. The molecule has 1 saturated carbocycles. The second-order valence-corrected chi connectivity index (χ2v) is 9.86. The Balaban J connectivity index is 1.79. The summed E-state index contributed by atoms with van der Waals surface area (Å²) in [7, 11) is -3.69. The van der Waals surface area contributed by atoms with Crippen LogP contribution in [0.15, 0.2) is 58.2 Å². The Labute approximate surface area is 171 Å². The number of hydrogen-bond acceptors (Lipinski definition) is 3. The minimum atomic E-state index is -3.69. The van der Waals surface area contributed by atoms with E-state index >= 15 is 0 Å². The van der Waals surface area contributed by atoms with E-state index in [9.17, 15) is 13.2 Å². The summed E-state index contributed by atoms with van der Waals surface area (Å²) in [5.41, 5.74) is 3.18. The molecule has 0 aliphatic heterocycles. The van der Waals surface area contributed by atoms with Crippen molar-refractivity contribution in [2.75, 3.05) is 0 Å². The molecule has 0 unspecified atom stereocenters. The molecule has 0 radical (unpaired) electrons. The number of nitrogens with one attached hydrogen (secondary N) is 1. The van der Waals surface area contributed by atoms with Crippen molar-refractivity contribution in [1.82, 2.24) is 9.29 Å². The maximum absolute atomic E-state index is 13.4. The molecule has 4 rings (SSSR count). The first-order chi connectivity index (χ1) is 13.9. The van der Waals surface area contributed by atoms with Crippen LogP contribution in [0, 0.1) is 13.8 Å². The smallest absolute Gasteiger partial charge is 0.252 e. The van der Waals surface area contributed by atoms with Crippen molar-refractivity contribution in [1.29, 1.82) is 0 Å². The van der Waals surface area contributed by atoms with Gasteiger partial charge in [-0.1, -0.05) is 42.7 Å². The lowest BCUT2D eigenvalue weighted by Gasteiger charge is -2.28. The number of benzene rings is 2. The predicted molar refractivity (Wildman–Crippen MR) is 115 cm³/mol. The SMILES string of the molecule is Cc1cc(C)c2[nH]c(=O)c(CN(C3CCCC3)S(=O)(=O)c3ccccc3)cc2c1. The van der Waals surface area contributed by atoms with Gasteiger partial charge in [-0.05, 0) is 61.9 Å². The Kier molecular flexibility index (Phi) is 5.32. The van der Waals surface area contributed by atoms with Gasteiger partial charge >= 0.3 is 0 Å². The van der Waals surface area contributed by atoms with Gasteiger partial charge in [0.25, 0.3) is 5.56 Å². The average molecular weight is 411 g/mol. The first kappa shape index (κ1) is 19.9. The maximum Gasteiger partial charge on any atom is 0.252 e. The first-order valence-corrected chi connectivity index (χ1v) is 11.5. The number of aryl methyl sites for hydroxylation is 2. The standard InChI is InChI=1S/C23H26N2O3S/c1-16-12-17(2)22-18(13-16)14-19(23(26)24-22)15-25(20-8-6-7-9-20)29(27,28)21-10-4-3-5-11-21/h3-5,10-14,20H,6-9,15H2,1-2H3,(H,24,26). The number of H-pyrrole nitrogens is 1. The lowest BCUT2D eigenvalue weighted by Crippen LogP contribution is -2.39. The topological polar surface area (TPSA) is 70.2 Å². The number of aromatic nitrogens is 1. The Morgan fingerprint density at radius 2 is 1.72 bits per heavy atom. The van der Waals surface area contributed by atoms with Crippen molar-refractivity contribution < 1.29 is 8.42 Å². The summed E-state index contributed by atoms with van der Waals surface area (Å²) in [5.74, 6) is 0. The fraction of sp³-hybridized carbons (Fsp3) is 0.348. The normalized spacial score (nSPS) is 15.4. The van der Waals surface area contributed by atoms with Gasteiger partial charge in [-0.15, -0.1) is 0 Å². The van der Waals surface area contributed by atoms with Gasteiger partial charge in [0.15, 0.2) is 0 Å². The van der Waals surface area contributed by atoms with Crippen molar-refractivity contribution >= 4 is 20.9 Å². The predicted octanol–water partition coefficient (Wildman–Crippen LogP) is 4.28. The van der Waals surface area contributed by atoms with Gasteiger partial charge in [0, 0.05) is 18.2 Å². The second kappa shape index (κ2) is 7.76. The molecule has 5 nitrogen and oxygen atoms in total. The molecule has 0 bridgehead atoms. The summed E-state index contributed by atoms with van der Waals surface area (Å²) >= 11 is 0. The number of sulfonamides is 1. The van der Waals surface area contributed by atoms with Crippen LogP contribution in [0.1, 0.15) is 42.4 Å². The van der Waals surface area contributed by atoms with Gasteiger partial charge in [0.05, 0.1) is 10.4 Å². The Morgan fingerprint density at radius 1 is 1.03 bits per heavy atom. The molecule has 0 saturated heterocycles. The summed E-state index contributed by atoms with van der Waals surface area (Å²) in [5, 5.41) is 0.931. The van der Waals surface area contributed by atoms with Gasteiger partial charge in [0.2, 0.25) is 10.0 Å². The Morgan fingerprint density at radius 3 is 2.41 bits per heavy atom. The number of aromatic amines is 1. The molecule has 152 valence electrons. The Bertz CT molecular complexity index is 1190. The molecule has 1 aliphatic carbocycles. The fourth-order valence-electron chi connectivity index (χ4n) is 4.35. The highest BCUT2D eigenvalue weighted by Gasteiger charge is 2.33. The van der Waals surface area contributed by atoms with Gasteiger partial charge in [-0.25, -0.2) is 8.42 Å². The van der Waals surface area contributed by atoms with Crippen molar-refractivity contribution in [3.8, 4) is 0 Å². The van der Waals surface area contributed by atoms with E-state index in [1.54, 1.807) is 30.3 Å². The van der Waals surface area contributed by atoms with Gasteiger partial charge in [0.1, 0.15) is 0 Å². The number of fused-ring (bicyclic) bond motifs is 1. The summed E-state index contributed by atoms with van der Waals surface area (Å²) in [6.07, 6.45) is 3.68. The molecule has 0 amide bonds. The monoisotopic (exact) mass is 410 g/mol. The van der Waals surface area contributed by atoms with E-state index in [1.807, 2.05) is 32.0 Å². The maximum atomic E-state index is 13.4. The highest BCUT2D eigenvalue weighted by Crippen LogP contribution is 2.30. The largest absolute Gasteiger partial charge is 0.321 e. The molecule has 1 fully saturated rings. The van der Waals surface area contributed by atoms with Crippen LogP contribution < -0.4 is 5.56 Å². The van der Waals surface area contributed by atoms with Crippen molar-refractivity contribution in [3.05, 3.63) is 75.6 Å². The van der Waals surface area contributed by atoms with Crippen LogP contribution in [0.25, 0.3) is 10.9 Å².